The van der Waals surface area contributed by atoms with Crippen LogP contribution in [0, 0.1) is 0 Å². The van der Waals surface area contributed by atoms with Crippen LogP contribution < -0.4 is 21.1 Å². The fourth-order valence-corrected chi connectivity index (χ4v) is 3.58. The smallest absolute Gasteiger partial charge is 0.276 e. The molecule has 2 N–H and O–H groups in total. The fraction of sp³-hybridized carbons (Fsp3) is 0.115. The van der Waals surface area contributed by atoms with Crippen molar-refractivity contribution >= 4 is 22.7 Å². The molecule has 33 heavy (non-hydrogen) atoms. The lowest BCUT2D eigenvalue weighted by Crippen LogP contribution is -2.44. The number of carbonyl (C=O) groups excluding carboxylic acids is 2. The monoisotopic (exact) mass is 441 g/mol. The number of para-hydroxylation sites is 2. The zero-order chi connectivity index (χ0) is 23.2. The van der Waals surface area contributed by atoms with Gasteiger partial charge in [-0.15, -0.1) is 0 Å². The normalized spacial score (nSPS) is 10.6. The summed E-state index contributed by atoms with van der Waals surface area (Å²) in [4.78, 5) is 37.1. The highest BCUT2D eigenvalue weighted by molar-refractivity contribution is 6.06. The van der Waals surface area contributed by atoms with Crippen molar-refractivity contribution in [1.82, 2.24) is 15.4 Å². The average Bonchev–Trinajstić information content (AvgIpc) is 2.85. The third-order valence-electron chi connectivity index (χ3n) is 5.28. The second kappa shape index (κ2) is 9.82. The van der Waals surface area contributed by atoms with Crippen LogP contribution in [0.5, 0.6) is 5.75 Å². The molecule has 0 spiro atoms. The van der Waals surface area contributed by atoms with Crippen LogP contribution in [0.4, 0.5) is 0 Å². The van der Waals surface area contributed by atoms with E-state index in [1.807, 2.05) is 48.5 Å². The lowest BCUT2D eigenvalue weighted by Gasteiger charge is -2.13. The number of benzene rings is 3. The first kappa shape index (κ1) is 21.8. The molecule has 0 saturated carbocycles. The molecule has 1 aromatic heterocycles. The van der Waals surface area contributed by atoms with Crippen LogP contribution in [0.3, 0.4) is 0 Å². The predicted molar refractivity (Wildman–Crippen MR) is 126 cm³/mol. The van der Waals surface area contributed by atoms with Crippen LogP contribution in [-0.2, 0) is 18.3 Å². The number of carbonyl (C=O) groups is 2. The molecule has 0 unspecified atom stereocenters. The Balaban J connectivity index is 1.38. The van der Waals surface area contributed by atoms with Crippen molar-refractivity contribution in [3.05, 3.63) is 112 Å². The van der Waals surface area contributed by atoms with E-state index in [1.165, 1.54) is 10.6 Å². The minimum Gasteiger partial charge on any atom is -0.483 e. The maximum absolute atomic E-state index is 12.6. The van der Waals surface area contributed by atoms with Gasteiger partial charge in [-0.3, -0.25) is 25.2 Å². The lowest BCUT2D eigenvalue weighted by molar-refractivity contribution is -0.123. The van der Waals surface area contributed by atoms with Gasteiger partial charge in [0.05, 0.1) is 11.1 Å². The molecule has 2 amide bonds. The van der Waals surface area contributed by atoms with Gasteiger partial charge in [-0.05, 0) is 23.3 Å². The van der Waals surface area contributed by atoms with Crippen LogP contribution in [-0.4, -0.2) is 23.0 Å². The molecule has 0 radical (unpaired) electrons. The first-order valence-corrected chi connectivity index (χ1v) is 10.5. The van der Waals surface area contributed by atoms with Gasteiger partial charge in [-0.1, -0.05) is 66.7 Å². The van der Waals surface area contributed by atoms with Gasteiger partial charge < -0.3 is 9.30 Å². The number of fused-ring (bicyclic) bond motifs is 1. The molecule has 1 heterocycles. The molecule has 0 bridgehead atoms. The molecule has 0 aliphatic heterocycles. The number of hydrogen-bond donors (Lipinski definition) is 2. The highest BCUT2D eigenvalue weighted by Crippen LogP contribution is 2.21. The number of nitrogens with one attached hydrogen (secondary N) is 2. The van der Waals surface area contributed by atoms with Crippen LogP contribution in [0.1, 0.15) is 21.5 Å². The second-order valence-electron chi connectivity index (χ2n) is 7.53. The Kier molecular flexibility index (Phi) is 6.50. The van der Waals surface area contributed by atoms with E-state index in [0.29, 0.717) is 23.1 Å². The number of rotatable bonds is 6. The summed E-state index contributed by atoms with van der Waals surface area (Å²) in [5.41, 5.74) is 7.28. The number of nitrogens with zero attached hydrogens (tertiary/aromatic N) is 1. The summed E-state index contributed by atoms with van der Waals surface area (Å²) >= 11 is 0. The third-order valence-corrected chi connectivity index (χ3v) is 5.28. The zero-order valence-electron chi connectivity index (χ0n) is 18.1. The molecule has 7 nitrogen and oxygen atoms in total. The molecule has 0 atom stereocenters. The maximum Gasteiger partial charge on any atom is 0.276 e. The Hall–Kier alpha value is -4.39. The van der Waals surface area contributed by atoms with Gasteiger partial charge >= 0.3 is 0 Å². The number of hydrogen-bond acceptors (Lipinski definition) is 4. The zero-order valence-corrected chi connectivity index (χ0v) is 18.1. The second-order valence-corrected chi connectivity index (χ2v) is 7.53. The average molecular weight is 441 g/mol. The lowest BCUT2D eigenvalue weighted by atomic mass is 10.0. The van der Waals surface area contributed by atoms with E-state index < -0.39 is 11.8 Å². The summed E-state index contributed by atoms with van der Waals surface area (Å²) in [6.07, 6.45) is 0.672. The van der Waals surface area contributed by atoms with Crippen molar-refractivity contribution in [2.75, 3.05) is 6.61 Å². The van der Waals surface area contributed by atoms with Gasteiger partial charge in [-0.2, -0.15) is 0 Å². The van der Waals surface area contributed by atoms with Gasteiger partial charge in [0, 0.05) is 24.9 Å². The minimum atomic E-state index is -0.582. The number of amides is 2. The molecule has 0 aliphatic carbocycles. The molecule has 0 fully saturated rings. The first-order valence-electron chi connectivity index (χ1n) is 10.5. The summed E-state index contributed by atoms with van der Waals surface area (Å²) in [5, 5.41) is 0.609. The summed E-state index contributed by atoms with van der Waals surface area (Å²) in [7, 11) is 1.64. The highest BCUT2D eigenvalue weighted by atomic mass is 16.5. The van der Waals surface area contributed by atoms with Crippen LogP contribution >= 0.6 is 0 Å². The van der Waals surface area contributed by atoms with Crippen molar-refractivity contribution in [3.8, 4) is 5.75 Å². The fourth-order valence-electron chi connectivity index (χ4n) is 3.58. The van der Waals surface area contributed by atoms with E-state index in [1.54, 1.807) is 37.4 Å². The Bertz CT molecular complexity index is 1360. The molecule has 4 aromatic rings. The highest BCUT2D eigenvalue weighted by Gasteiger charge is 2.14. The van der Waals surface area contributed by atoms with Crippen molar-refractivity contribution < 1.29 is 14.3 Å². The molecule has 4 rings (SSSR count). The maximum atomic E-state index is 12.6. The Labute approximate surface area is 190 Å². The number of hydrazine groups is 1. The van der Waals surface area contributed by atoms with Gasteiger partial charge in [0.25, 0.3) is 17.4 Å². The van der Waals surface area contributed by atoms with Crippen molar-refractivity contribution in [2.24, 2.45) is 7.05 Å². The third kappa shape index (κ3) is 5.10. The van der Waals surface area contributed by atoms with Gasteiger partial charge in [-0.25, -0.2) is 0 Å². The molecule has 0 aliphatic rings. The summed E-state index contributed by atoms with van der Waals surface area (Å²) < 4.78 is 7.16. The number of pyridine rings is 1. The molecular weight excluding hydrogens is 418 g/mol. The Morgan fingerprint density at radius 1 is 0.879 bits per heavy atom. The quantitative estimate of drug-likeness (QED) is 0.450. The van der Waals surface area contributed by atoms with Gasteiger partial charge in [0.15, 0.2) is 6.61 Å². The number of aromatic nitrogens is 1. The molecule has 166 valence electrons. The summed E-state index contributed by atoms with van der Waals surface area (Å²) in [5.74, 6) is -0.506. The van der Waals surface area contributed by atoms with Crippen molar-refractivity contribution in [2.45, 2.75) is 6.42 Å². The molecular formula is C26H23N3O4. The summed E-state index contributed by atoms with van der Waals surface area (Å²) in [6.45, 7) is -0.274. The van der Waals surface area contributed by atoms with Gasteiger partial charge in [0.2, 0.25) is 0 Å². The van der Waals surface area contributed by atoms with Crippen LogP contribution in [0.2, 0.25) is 0 Å². The summed E-state index contributed by atoms with van der Waals surface area (Å²) in [6, 6.07) is 25.8. The van der Waals surface area contributed by atoms with Crippen LogP contribution in [0.25, 0.3) is 10.9 Å². The van der Waals surface area contributed by atoms with E-state index in [2.05, 4.69) is 10.9 Å². The number of ether oxygens (including phenoxy) is 1. The van der Waals surface area contributed by atoms with E-state index in [-0.39, 0.29) is 17.7 Å². The predicted octanol–water partition coefficient (Wildman–Crippen LogP) is 2.97. The SMILES string of the molecule is Cn1c(=O)cc(C(=O)NNC(=O)COc2ccccc2Cc2ccccc2)c2ccccc21. The Morgan fingerprint density at radius 2 is 1.58 bits per heavy atom. The largest absolute Gasteiger partial charge is 0.483 e. The Morgan fingerprint density at radius 3 is 2.39 bits per heavy atom. The number of aryl methyl sites for hydroxylation is 1. The van der Waals surface area contributed by atoms with Gasteiger partial charge in [0.1, 0.15) is 5.75 Å². The molecule has 7 heteroatoms. The first-order chi connectivity index (χ1) is 16.0. The van der Waals surface area contributed by atoms with E-state index in [4.69, 9.17) is 4.74 Å². The van der Waals surface area contributed by atoms with E-state index in [0.717, 1.165) is 11.1 Å². The molecule has 0 saturated heterocycles. The standard InChI is InChI=1S/C26H23N3O4/c1-29-22-13-7-6-12-20(22)21(16-25(29)31)26(32)28-27-24(30)17-33-23-14-8-5-11-19(23)15-18-9-3-2-4-10-18/h2-14,16H,15,17H2,1H3,(H,27,30)(H,28,32). The van der Waals surface area contributed by atoms with Crippen LogP contribution in [0.15, 0.2) is 89.7 Å². The van der Waals surface area contributed by atoms with Crippen molar-refractivity contribution in [3.63, 3.8) is 0 Å². The topological polar surface area (TPSA) is 89.4 Å². The van der Waals surface area contributed by atoms with Crippen molar-refractivity contribution in [1.29, 1.82) is 0 Å². The van der Waals surface area contributed by atoms with E-state index in [9.17, 15) is 14.4 Å². The van der Waals surface area contributed by atoms with E-state index >= 15 is 0 Å². The molecule has 3 aromatic carbocycles. The minimum absolute atomic E-state index is 0.183.